The highest BCUT2D eigenvalue weighted by Gasteiger charge is 2.44. The number of nitrogens with zero attached hydrogens (tertiary/aromatic N) is 1. The highest BCUT2D eigenvalue weighted by Crippen LogP contribution is 2.27. The van der Waals surface area contributed by atoms with E-state index in [1.165, 1.54) is 0 Å². The summed E-state index contributed by atoms with van der Waals surface area (Å²) >= 11 is 0. The highest BCUT2D eigenvalue weighted by atomic mass is 16.2. The van der Waals surface area contributed by atoms with Crippen LogP contribution in [0.2, 0.25) is 0 Å². The SMILES string of the molecule is CC(C)N1C=CC(C)C(C)(NC(=O)c2ccccc2)C1=O. The van der Waals surface area contributed by atoms with E-state index in [4.69, 9.17) is 0 Å². The van der Waals surface area contributed by atoms with Crippen molar-refractivity contribution in [2.75, 3.05) is 0 Å². The summed E-state index contributed by atoms with van der Waals surface area (Å²) in [5, 5.41) is 2.91. The Bertz CT molecular complexity index is 565. The van der Waals surface area contributed by atoms with Crippen LogP contribution in [0.5, 0.6) is 0 Å². The van der Waals surface area contributed by atoms with Gasteiger partial charge in [-0.3, -0.25) is 9.59 Å². The molecule has 0 fully saturated rings. The van der Waals surface area contributed by atoms with Crippen LogP contribution in [0.4, 0.5) is 0 Å². The Kier molecular flexibility index (Phi) is 4.16. The van der Waals surface area contributed by atoms with Crippen LogP contribution < -0.4 is 5.32 Å². The Morgan fingerprint density at radius 3 is 2.48 bits per heavy atom. The average Bonchev–Trinajstić information content (AvgIpc) is 2.46. The number of hydrogen-bond acceptors (Lipinski definition) is 2. The van der Waals surface area contributed by atoms with Gasteiger partial charge in [0.15, 0.2) is 0 Å². The lowest BCUT2D eigenvalue weighted by Gasteiger charge is -2.42. The second kappa shape index (κ2) is 5.72. The molecule has 4 nitrogen and oxygen atoms in total. The minimum atomic E-state index is -0.925. The van der Waals surface area contributed by atoms with Gasteiger partial charge >= 0.3 is 0 Å². The molecule has 1 aromatic rings. The van der Waals surface area contributed by atoms with Gasteiger partial charge in [0.25, 0.3) is 11.8 Å². The fourth-order valence-electron chi connectivity index (χ4n) is 2.42. The molecule has 1 aromatic carbocycles. The minimum absolute atomic E-state index is 0.0623. The summed E-state index contributed by atoms with van der Waals surface area (Å²) in [6, 6.07) is 9.03. The predicted octanol–water partition coefficient (Wildman–Crippen LogP) is 2.58. The van der Waals surface area contributed by atoms with E-state index in [-0.39, 0.29) is 23.8 Å². The van der Waals surface area contributed by atoms with Crippen LogP contribution in [0.3, 0.4) is 0 Å². The molecule has 112 valence electrons. The van der Waals surface area contributed by atoms with Crippen molar-refractivity contribution in [3.63, 3.8) is 0 Å². The largest absolute Gasteiger partial charge is 0.337 e. The normalized spacial score (nSPS) is 25.3. The zero-order valence-electron chi connectivity index (χ0n) is 13.0. The molecule has 1 aliphatic heterocycles. The van der Waals surface area contributed by atoms with Gasteiger partial charge in [0.2, 0.25) is 0 Å². The molecular formula is C17H22N2O2. The first kappa shape index (κ1) is 15.3. The predicted molar refractivity (Wildman–Crippen MR) is 82.6 cm³/mol. The molecule has 0 aromatic heterocycles. The second-order valence-corrected chi connectivity index (χ2v) is 5.96. The third-order valence-electron chi connectivity index (χ3n) is 4.09. The van der Waals surface area contributed by atoms with E-state index < -0.39 is 5.54 Å². The number of carbonyl (C=O) groups is 2. The Morgan fingerprint density at radius 1 is 1.29 bits per heavy atom. The topological polar surface area (TPSA) is 49.4 Å². The zero-order chi connectivity index (χ0) is 15.6. The molecule has 0 aliphatic carbocycles. The summed E-state index contributed by atoms with van der Waals surface area (Å²) in [5.74, 6) is -0.359. The monoisotopic (exact) mass is 286 g/mol. The number of benzene rings is 1. The van der Waals surface area contributed by atoms with Gasteiger partial charge in [-0.25, -0.2) is 0 Å². The average molecular weight is 286 g/mol. The molecule has 2 atom stereocenters. The van der Waals surface area contributed by atoms with E-state index in [0.717, 1.165) is 0 Å². The van der Waals surface area contributed by atoms with Gasteiger partial charge in [0.1, 0.15) is 5.54 Å². The van der Waals surface area contributed by atoms with Gasteiger partial charge in [-0.2, -0.15) is 0 Å². The molecule has 0 saturated heterocycles. The van der Waals surface area contributed by atoms with Crippen molar-refractivity contribution in [1.82, 2.24) is 10.2 Å². The molecule has 1 aliphatic rings. The van der Waals surface area contributed by atoms with Crippen LogP contribution in [0.1, 0.15) is 38.1 Å². The molecule has 0 saturated carbocycles. The molecule has 21 heavy (non-hydrogen) atoms. The van der Waals surface area contributed by atoms with Gasteiger partial charge < -0.3 is 10.2 Å². The molecular weight excluding hydrogens is 264 g/mol. The number of carbonyl (C=O) groups excluding carboxylic acids is 2. The fourth-order valence-corrected chi connectivity index (χ4v) is 2.42. The summed E-state index contributed by atoms with van der Waals surface area (Å²) in [5.41, 5.74) is -0.365. The Labute approximate surface area is 125 Å². The van der Waals surface area contributed by atoms with Crippen molar-refractivity contribution in [1.29, 1.82) is 0 Å². The van der Waals surface area contributed by atoms with E-state index in [0.29, 0.717) is 5.56 Å². The van der Waals surface area contributed by atoms with E-state index >= 15 is 0 Å². The van der Waals surface area contributed by atoms with Crippen molar-refractivity contribution >= 4 is 11.8 Å². The number of rotatable bonds is 3. The Morgan fingerprint density at radius 2 is 1.90 bits per heavy atom. The highest BCUT2D eigenvalue weighted by molar-refractivity contribution is 6.00. The van der Waals surface area contributed by atoms with E-state index in [2.05, 4.69) is 5.32 Å². The van der Waals surface area contributed by atoms with Crippen LogP contribution in [0.15, 0.2) is 42.6 Å². The molecule has 2 rings (SSSR count). The summed E-state index contributed by atoms with van der Waals surface area (Å²) < 4.78 is 0. The Hall–Kier alpha value is -2.10. The van der Waals surface area contributed by atoms with Crippen LogP contribution in [-0.2, 0) is 4.79 Å². The summed E-state index contributed by atoms with van der Waals surface area (Å²) in [6.07, 6.45) is 3.78. The molecule has 1 heterocycles. The maximum Gasteiger partial charge on any atom is 0.252 e. The molecule has 0 spiro atoms. The van der Waals surface area contributed by atoms with Gasteiger partial charge in [-0.05, 0) is 32.9 Å². The van der Waals surface area contributed by atoms with Crippen LogP contribution in [0.25, 0.3) is 0 Å². The van der Waals surface area contributed by atoms with Gasteiger partial charge in [0.05, 0.1) is 0 Å². The smallest absolute Gasteiger partial charge is 0.252 e. The lowest BCUT2D eigenvalue weighted by Crippen LogP contribution is -2.62. The summed E-state index contributed by atoms with van der Waals surface area (Å²) in [7, 11) is 0. The van der Waals surface area contributed by atoms with Gasteiger partial charge in [-0.1, -0.05) is 31.2 Å². The first-order valence-electron chi connectivity index (χ1n) is 7.25. The van der Waals surface area contributed by atoms with E-state index in [1.807, 2.05) is 51.2 Å². The van der Waals surface area contributed by atoms with Crippen molar-refractivity contribution in [3.05, 3.63) is 48.2 Å². The third kappa shape index (κ3) is 2.84. The maximum absolute atomic E-state index is 12.7. The summed E-state index contributed by atoms with van der Waals surface area (Å²) in [4.78, 5) is 26.8. The van der Waals surface area contributed by atoms with Gasteiger partial charge in [0, 0.05) is 23.7 Å². The number of hydrogen-bond donors (Lipinski definition) is 1. The summed E-state index contributed by atoms with van der Waals surface area (Å²) in [6.45, 7) is 7.65. The lowest BCUT2D eigenvalue weighted by molar-refractivity contribution is -0.138. The second-order valence-electron chi connectivity index (χ2n) is 5.96. The van der Waals surface area contributed by atoms with Gasteiger partial charge in [-0.15, -0.1) is 0 Å². The first-order valence-corrected chi connectivity index (χ1v) is 7.25. The van der Waals surface area contributed by atoms with Crippen LogP contribution in [0, 0.1) is 5.92 Å². The molecule has 0 bridgehead atoms. The van der Waals surface area contributed by atoms with Crippen molar-refractivity contribution < 1.29 is 9.59 Å². The molecule has 0 radical (unpaired) electrons. The minimum Gasteiger partial charge on any atom is -0.337 e. The number of amides is 2. The fraction of sp³-hybridized carbons (Fsp3) is 0.412. The van der Waals surface area contributed by atoms with Crippen molar-refractivity contribution in [2.24, 2.45) is 5.92 Å². The molecule has 2 unspecified atom stereocenters. The van der Waals surface area contributed by atoms with Crippen molar-refractivity contribution in [2.45, 2.75) is 39.3 Å². The maximum atomic E-state index is 12.7. The standard InChI is InChI=1S/C17H22N2O2/c1-12(2)19-11-10-13(3)17(4,16(19)21)18-15(20)14-8-6-5-7-9-14/h5-13H,1-4H3,(H,18,20). The van der Waals surface area contributed by atoms with E-state index in [1.54, 1.807) is 24.0 Å². The third-order valence-corrected chi connectivity index (χ3v) is 4.09. The van der Waals surface area contributed by atoms with Crippen molar-refractivity contribution in [3.8, 4) is 0 Å². The number of nitrogens with one attached hydrogen (secondary N) is 1. The Balaban J connectivity index is 2.26. The zero-order valence-corrected chi connectivity index (χ0v) is 13.0. The van der Waals surface area contributed by atoms with Crippen LogP contribution in [-0.4, -0.2) is 28.3 Å². The molecule has 2 amide bonds. The lowest BCUT2D eigenvalue weighted by atomic mass is 9.82. The molecule has 4 heteroatoms. The first-order chi connectivity index (χ1) is 9.86. The van der Waals surface area contributed by atoms with Crippen LogP contribution >= 0.6 is 0 Å². The quantitative estimate of drug-likeness (QED) is 0.928. The van der Waals surface area contributed by atoms with E-state index in [9.17, 15) is 9.59 Å². The molecule has 1 N–H and O–H groups in total.